The Kier molecular flexibility index (Phi) is 3.40. The zero-order valence-corrected chi connectivity index (χ0v) is 9.34. The Labute approximate surface area is 98.0 Å². The van der Waals surface area contributed by atoms with Crippen LogP contribution in [0.5, 0.6) is 11.8 Å². The Morgan fingerprint density at radius 2 is 2.24 bits per heavy atom. The quantitative estimate of drug-likeness (QED) is 0.864. The van der Waals surface area contributed by atoms with Crippen molar-refractivity contribution in [1.29, 1.82) is 0 Å². The van der Waals surface area contributed by atoms with Gasteiger partial charge in [0, 0.05) is 12.3 Å². The predicted octanol–water partition coefficient (Wildman–Crippen LogP) is 1.36. The first-order valence-electron chi connectivity index (χ1n) is 5.09. The van der Waals surface area contributed by atoms with Crippen molar-refractivity contribution in [2.75, 3.05) is 7.11 Å². The van der Waals surface area contributed by atoms with Gasteiger partial charge in [-0.3, -0.25) is 9.78 Å². The van der Waals surface area contributed by atoms with Gasteiger partial charge in [0.05, 0.1) is 7.11 Å². The Hall–Kier alpha value is -2.30. The van der Waals surface area contributed by atoms with Crippen molar-refractivity contribution >= 4 is 0 Å². The highest BCUT2D eigenvalue weighted by Gasteiger charge is 1.99. The minimum Gasteiger partial charge on any atom is -0.497 e. The maximum atomic E-state index is 11.0. The topological polar surface area (TPSA) is 64.2 Å². The molecular formula is C12H12N2O3. The van der Waals surface area contributed by atoms with Crippen LogP contribution in [0, 0.1) is 0 Å². The van der Waals surface area contributed by atoms with Crippen molar-refractivity contribution in [2.45, 2.75) is 6.61 Å². The van der Waals surface area contributed by atoms with Crippen LogP contribution < -0.4 is 15.0 Å². The smallest absolute Gasteiger partial charge is 0.296 e. The summed E-state index contributed by atoms with van der Waals surface area (Å²) < 4.78 is 10.4. The van der Waals surface area contributed by atoms with Crippen LogP contribution in [0.2, 0.25) is 0 Å². The van der Waals surface area contributed by atoms with Gasteiger partial charge in [-0.25, -0.2) is 4.98 Å². The van der Waals surface area contributed by atoms with Crippen molar-refractivity contribution in [3.63, 3.8) is 0 Å². The van der Waals surface area contributed by atoms with E-state index in [1.807, 2.05) is 24.3 Å². The number of H-pyrrole nitrogens is 1. The second-order valence-corrected chi connectivity index (χ2v) is 3.38. The molecular weight excluding hydrogens is 220 g/mol. The molecule has 0 bridgehead atoms. The minimum absolute atomic E-state index is 0.209. The molecule has 0 atom stereocenters. The van der Waals surface area contributed by atoms with E-state index in [1.54, 1.807) is 7.11 Å². The summed E-state index contributed by atoms with van der Waals surface area (Å²) in [5.74, 6) is 0.764. The molecule has 1 N–H and O–H groups in total. The Morgan fingerprint density at radius 3 is 3.00 bits per heavy atom. The molecule has 88 valence electrons. The predicted molar refractivity (Wildman–Crippen MR) is 62.2 cm³/mol. The Morgan fingerprint density at radius 1 is 1.35 bits per heavy atom. The van der Waals surface area contributed by atoms with E-state index in [9.17, 15) is 4.79 Å². The van der Waals surface area contributed by atoms with Gasteiger partial charge in [-0.2, -0.15) is 0 Å². The minimum atomic E-state index is -0.236. The third-order valence-corrected chi connectivity index (χ3v) is 2.16. The van der Waals surface area contributed by atoms with E-state index in [2.05, 4.69) is 9.97 Å². The van der Waals surface area contributed by atoms with Crippen molar-refractivity contribution in [3.05, 3.63) is 52.4 Å². The molecule has 0 aliphatic carbocycles. The first-order valence-corrected chi connectivity index (χ1v) is 5.09. The van der Waals surface area contributed by atoms with E-state index >= 15 is 0 Å². The maximum absolute atomic E-state index is 11.0. The molecule has 1 aromatic heterocycles. The van der Waals surface area contributed by atoms with Gasteiger partial charge in [-0.1, -0.05) is 12.1 Å². The molecule has 0 aliphatic rings. The fraction of sp³-hybridized carbons (Fsp3) is 0.167. The number of hydrogen-bond acceptors (Lipinski definition) is 4. The van der Waals surface area contributed by atoms with Crippen LogP contribution in [0.1, 0.15) is 5.56 Å². The number of hydrogen-bond donors (Lipinski definition) is 1. The molecule has 0 saturated carbocycles. The highest BCUT2D eigenvalue weighted by atomic mass is 16.5. The van der Waals surface area contributed by atoms with Gasteiger partial charge in [-0.15, -0.1) is 0 Å². The lowest BCUT2D eigenvalue weighted by Crippen LogP contribution is -2.08. The summed E-state index contributed by atoms with van der Waals surface area (Å²) in [6.45, 7) is 0.324. The molecule has 5 nitrogen and oxygen atoms in total. The summed E-state index contributed by atoms with van der Waals surface area (Å²) in [5, 5.41) is 0. The lowest BCUT2D eigenvalue weighted by Gasteiger charge is -2.05. The van der Waals surface area contributed by atoms with Crippen LogP contribution in [0.3, 0.4) is 0 Å². The standard InChI is InChI=1S/C12H12N2O3/c1-16-10-4-2-3-9(7-10)8-17-12-13-6-5-11(15)14-12/h2-7H,8H2,1H3,(H,13,14,15). The second kappa shape index (κ2) is 5.16. The summed E-state index contributed by atoms with van der Waals surface area (Å²) >= 11 is 0. The van der Waals surface area contributed by atoms with Gasteiger partial charge in [-0.05, 0) is 17.7 Å². The van der Waals surface area contributed by atoms with E-state index < -0.39 is 0 Å². The molecule has 0 unspecified atom stereocenters. The second-order valence-electron chi connectivity index (χ2n) is 3.38. The molecule has 1 heterocycles. The average molecular weight is 232 g/mol. The van der Waals surface area contributed by atoms with Crippen LogP contribution >= 0.6 is 0 Å². The number of rotatable bonds is 4. The zero-order chi connectivity index (χ0) is 12.1. The van der Waals surface area contributed by atoms with Gasteiger partial charge in [0.1, 0.15) is 12.4 Å². The first-order chi connectivity index (χ1) is 8.28. The maximum Gasteiger partial charge on any atom is 0.296 e. The fourth-order valence-electron chi connectivity index (χ4n) is 1.34. The molecule has 17 heavy (non-hydrogen) atoms. The van der Waals surface area contributed by atoms with Crippen molar-refractivity contribution in [3.8, 4) is 11.8 Å². The SMILES string of the molecule is COc1cccc(COc2nccc(=O)[nH]2)c1. The third-order valence-electron chi connectivity index (χ3n) is 2.16. The Bertz CT molecular complexity index is 551. The molecule has 0 fully saturated rings. The van der Waals surface area contributed by atoms with E-state index in [0.29, 0.717) is 6.61 Å². The summed E-state index contributed by atoms with van der Waals surface area (Å²) in [7, 11) is 1.61. The molecule has 0 amide bonds. The first kappa shape index (κ1) is 11.2. The zero-order valence-electron chi connectivity index (χ0n) is 9.34. The number of nitrogens with one attached hydrogen (secondary N) is 1. The Balaban J connectivity index is 2.04. The highest BCUT2D eigenvalue weighted by Crippen LogP contribution is 2.13. The number of benzene rings is 1. The van der Waals surface area contributed by atoms with E-state index in [0.717, 1.165) is 11.3 Å². The molecule has 2 aromatic rings. The fourth-order valence-corrected chi connectivity index (χ4v) is 1.34. The molecule has 5 heteroatoms. The van der Waals surface area contributed by atoms with Gasteiger partial charge >= 0.3 is 0 Å². The number of aromatic nitrogens is 2. The lowest BCUT2D eigenvalue weighted by molar-refractivity contribution is 0.279. The van der Waals surface area contributed by atoms with E-state index in [4.69, 9.17) is 9.47 Å². The summed E-state index contributed by atoms with van der Waals surface area (Å²) in [5.41, 5.74) is 0.705. The van der Waals surface area contributed by atoms with E-state index in [-0.39, 0.29) is 11.6 Å². The third kappa shape index (κ3) is 3.07. The normalized spacial score (nSPS) is 9.94. The van der Waals surface area contributed by atoms with Crippen LogP contribution in [0.25, 0.3) is 0 Å². The molecule has 0 spiro atoms. The number of aromatic amines is 1. The molecule has 0 saturated heterocycles. The number of nitrogens with zero attached hydrogens (tertiary/aromatic N) is 1. The molecule has 0 aliphatic heterocycles. The van der Waals surface area contributed by atoms with E-state index in [1.165, 1.54) is 12.3 Å². The number of methoxy groups -OCH3 is 1. The van der Waals surface area contributed by atoms with Crippen LogP contribution in [-0.4, -0.2) is 17.1 Å². The van der Waals surface area contributed by atoms with Crippen molar-refractivity contribution < 1.29 is 9.47 Å². The monoisotopic (exact) mass is 232 g/mol. The van der Waals surface area contributed by atoms with Gasteiger partial charge in [0.15, 0.2) is 0 Å². The van der Waals surface area contributed by atoms with Crippen LogP contribution in [-0.2, 0) is 6.61 Å². The highest BCUT2D eigenvalue weighted by molar-refractivity contribution is 5.28. The van der Waals surface area contributed by atoms with Gasteiger partial charge < -0.3 is 9.47 Å². The summed E-state index contributed by atoms with van der Waals surface area (Å²) in [6, 6.07) is 9.04. The van der Waals surface area contributed by atoms with Gasteiger partial charge in [0.25, 0.3) is 11.6 Å². The van der Waals surface area contributed by atoms with Gasteiger partial charge in [0.2, 0.25) is 0 Å². The molecule has 1 aromatic carbocycles. The van der Waals surface area contributed by atoms with Crippen molar-refractivity contribution in [2.24, 2.45) is 0 Å². The largest absolute Gasteiger partial charge is 0.497 e. The van der Waals surface area contributed by atoms with Crippen molar-refractivity contribution in [1.82, 2.24) is 9.97 Å². The average Bonchev–Trinajstić information content (AvgIpc) is 2.37. The van der Waals surface area contributed by atoms with Crippen LogP contribution in [0.15, 0.2) is 41.3 Å². The summed E-state index contributed by atoms with van der Waals surface area (Å²) in [4.78, 5) is 17.4. The molecule has 2 rings (SSSR count). The lowest BCUT2D eigenvalue weighted by atomic mass is 10.2. The van der Waals surface area contributed by atoms with Crippen LogP contribution in [0.4, 0.5) is 0 Å². The molecule has 0 radical (unpaired) electrons. The summed E-state index contributed by atoms with van der Waals surface area (Å²) in [6.07, 6.45) is 1.40. The number of ether oxygens (including phenoxy) is 2.